The number of carbonyl (C=O) groups excluding carboxylic acids is 2. The number of halogens is 1. The molecule has 0 radical (unpaired) electrons. The van der Waals surface area contributed by atoms with Gasteiger partial charge in [-0.05, 0) is 54.1 Å². The van der Waals surface area contributed by atoms with Gasteiger partial charge < -0.3 is 19.8 Å². The maximum absolute atomic E-state index is 12.4. The number of carbonyl (C=O) groups is 2. The molecule has 0 fully saturated rings. The van der Waals surface area contributed by atoms with E-state index in [2.05, 4.69) is 26.6 Å². The van der Waals surface area contributed by atoms with Crippen LogP contribution >= 0.6 is 15.9 Å². The first-order valence-electron chi connectivity index (χ1n) is 9.24. The van der Waals surface area contributed by atoms with Crippen molar-refractivity contribution in [3.8, 4) is 11.8 Å². The summed E-state index contributed by atoms with van der Waals surface area (Å²) in [6.45, 7) is 0.145. The smallest absolute Gasteiger partial charge is 0.266 e. The highest BCUT2D eigenvalue weighted by Gasteiger charge is 2.10. The number of nitrogens with one attached hydrogen (secondary N) is 2. The highest BCUT2D eigenvalue weighted by atomic mass is 79.9. The van der Waals surface area contributed by atoms with Crippen LogP contribution in [0.25, 0.3) is 6.08 Å². The molecule has 0 spiro atoms. The quantitative estimate of drug-likeness (QED) is 0.370. The first-order valence-corrected chi connectivity index (χ1v) is 10.0. The Kier molecular flexibility index (Phi) is 7.62. The fourth-order valence-electron chi connectivity index (χ4n) is 2.54. The summed E-state index contributed by atoms with van der Waals surface area (Å²) in [5.41, 5.74) is 1.19. The molecule has 156 valence electrons. The molecular formula is C23H18BrN3O4. The molecule has 0 aliphatic carbocycles. The Hall–Kier alpha value is -3.83. The summed E-state index contributed by atoms with van der Waals surface area (Å²) in [6, 6.07) is 19.2. The van der Waals surface area contributed by atoms with Crippen molar-refractivity contribution in [1.82, 2.24) is 5.32 Å². The van der Waals surface area contributed by atoms with E-state index in [4.69, 9.17) is 9.15 Å². The number of hydrogen-bond acceptors (Lipinski definition) is 5. The maximum atomic E-state index is 12.4. The number of amides is 2. The first-order chi connectivity index (χ1) is 15.0. The molecule has 2 N–H and O–H groups in total. The molecule has 2 amide bonds. The number of benzene rings is 2. The van der Waals surface area contributed by atoms with Crippen LogP contribution in [0.3, 0.4) is 0 Å². The van der Waals surface area contributed by atoms with Gasteiger partial charge in [0.05, 0.1) is 12.8 Å². The number of nitrogens with zero attached hydrogens (tertiary/aromatic N) is 1. The largest absolute Gasteiger partial charge is 0.484 e. The number of anilines is 1. The molecule has 0 unspecified atom stereocenters. The van der Waals surface area contributed by atoms with Gasteiger partial charge >= 0.3 is 0 Å². The zero-order valence-corrected chi connectivity index (χ0v) is 17.9. The van der Waals surface area contributed by atoms with Gasteiger partial charge in [-0.1, -0.05) is 34.1 Å². The Morgan fingerprint density at radius 2 is 1.94 bits per heavy atom. The van der Waals surface area contributed by atoms with Crippen LogP contribution < -0.4 is 15.4 Å². The van der Waals surface area contributed by atoms with Crippen molar-refractivity contribution < 1.29 is 18.7 Å². The van der Waals surface area contributed by atoms with Crippen LogP contribution in [0.5, 0.6) is 5.75 Å². The summed E-state index contributed by atoms with van der Waals surface area (Å²) in [5.74, 6) is 0.356. The zero-order chi connectivity index (χ0) is 22.1. The predicted molar refractivity (Wildman–Crippen MR) is 119 cm³/mol. The average molecular weight is 480 g/mol. The van der Waals surface area contributed by atoms with Crippen LogP contribution in [0.1, 0.15) is 11.3 Å². The molecule has 31 heavy (non-hydrogen) atoms. The third-order valence-corrected chi connectivity index (χ3v) is 4.54. The predicted octanol–water partition coefficient (Wildman–Crippen LogP) is 4.28. The Labute approximate surface area is 187 Å². The highest BCUT2D eigenvalue weighted by molar-refractivity contribution is 9.10. The van der Waals surface area contributed by atoms with Crippen LogP contribution in [0.4, 0.5) is 5.69 Å². The van der Waals surface area contributed by atoms with E-state index in [1.165, 1.54) is 12.3 Å². The Bertz CT molecular complexity index is 1120. The zero-order valence-electron chi connectivity index (χ0n) is 16.3. The molecule has 7 nitrogen and oxygen atoms in total. The van der Waals surface area contributed by atoms with E-state index < -0.39 is 5.91 Å². The van der Waals surface area contributed by atoms with E-state index in [9.17, 15) is 14.9 Å². The van der Waals surface area contributed by atoms with Crippen molar-refractivity contribution >= 4 is 39.5 Å². The van der Waals surface area contributed by atoms with Crippen LogP contribution in [0, 0.1) is 11.3 Å². The first kappa shape index (κ1) is 21.9. The van der Waals surface area contributed by atoms with Crippen LogP contribution in [-0.4, -0.2) is 18.4 Å². The molecule has 0 bridgehead atoms. The van der Waals surface area contributed by atoms with Gasteiger partial charge in [0, 0.05) is 10.2 Å². The van der Waals surface area contributed by atoms with E-state index in [0.29, 0.717) is 22.8 Å². The third-order valence-electron chi connectivity index (χ3n) is 4.05. The van der Waals surface area contributed by atoms with E-state index in [1.807, 2.05) is 12.1 Å². The van der Waals surface area contributed by atoms with E-state index in [1.54, 1.807) is 54.6 Å². The highest BCUT2D eigenvalue weighted by Crippen LogP contribution is 2.18. The minimum absolute atomic E-state index is 0.0362. The van der Waals surface area contributed by atoms with Crippen molar-refractivity contribution in [3.05, 3.63) is 88.3 Å². The molecule has 1 heterocycles. The number of nitriles is 1. The molecule has 0 saturated carbocycles. The lowest BCUT2D eigenvalue weighted by Crippen LogP contribution is -2.28. The summed E-state index contributed by atoms with van der Waals surface area (Å²) < 4.78 is 11.4. The minimum atomic E-state index is -0.505. The molecule has 1 aromatic heterocycles. The van der Waals surface area contributed by atoms with E-state index in [0.717, 1.165) is 4.47 Å². The van der Waals surface area contributed by atoms with Crippen LogP contribution in [0.2, 0.25) is 0 Å². The molecule has 0 atom stereocenters. The van der Waals surface area contributed by atoms with Crippen molar-refractivity contribution in [2.24, 2.45) is 0 Å². The third kappa shape index (κ3) is 6.87. The van der Waals surface area contributed by atoms with Crippen LogP contribution in [-0.2, 0) is 16.1 Å². The number of furan rings is 1. The SMILES string of the molecule is N#C/C(=C\c1ccc(OCC(=O)NCc2ccco2)cc1)C(=O)Nc1cccc(Br)c1. The van der Waals surface area contributed by atoms with Gasteiger partial charge in [-0.3, -0.25) is 9.59 Å². The lowest BCUT2D eigenvalue weighted by molar-refractivity contribution is -0.123. The lowest BCUT2D eigenvalue weighted by atomic mass is 10.1. The molecule has 3 rings (SSSR count). The molecule has 8 heteroatoms. The number of rotatable bonds is 8. The summed E-state index contributed by atoms with van der Waals surface area (Å²) in [7, 11) is 0. The Morgan fingerprint density at radius 1 is 1.13 bits per heavy atom. The number of hydrogen-bond donors (Lipinski definition) is 2. The van der Waals surface area contributed by atoms with Gasteiger partial charge in [-0.15, -0.1) is 0 Å². The monoisotopic (exact) mass is 479 g/mol. The van der Waals surface area contributed by atoms with Gasteiger partial charge in [0.1, 0.15) is 23.2 Å². The minimum Gasteiger partial charge on any atom is -0.484 e. The Balaban J connectivity index is 1.54. The molecule has 0 saturated heterocycles. The fraction of sp³-hybridized carbons (Fsp3) is 0.0870. The van der Waals surface area contributed by atoms with Gasteiger partial charge in [0.15, 0.2) is 6.61 Å². The van der Waals surface area contributed by atoms with Crippen molar-refractivity contribution in [1.29, 1.82) is 5.26 Å². The summed E-state index contributed by atoms with van der Waals surface area (Å²) in [5, 5.41) is 14.7. The topological polar surface area (TPSA) is 104 Å². The van der Waals surface area contributed by atoms with Crippen molar-refractivity contribution in [3.63, 3.8) is 0 Å². The van der Waals surface area contributed by atoms with Gasteiger partial charge in [0.25, 0.3) is 11.8 Å². The Morgan fingerprint density at radius 3 is 2.61 bits per heavy atom. The van der Waals surface area contributed by atoms with Crippen molar-refractivity contribution in [2.75, 3.05) is 11.9 Å². The summed E-state index contributed by atoms with van der Waals surface area (Å²) >= 11 is 3.33. The second kappa shape index (κ2) is 10.8. The fourth-order valence-corrected chi connectivity index (χ4v) is 2.94. The normalized spacial score (nSPS) is 10.8. The summed E-state index contributed by atoms with van der Waals surface area (Å²) in [6.07, 6.45) is 3.02. The average Bonchev–Trinajstić information content (AvgIpc) is 3.29. The van der Waals surface area contributed by atoms with Gasteiger partial charge in [0.2, 0.25) is 0 Å². The molecular weight excluding hydrogens is 462 g/mol. The van der Waals surface area contributed by atoms with Crippen molar-refractivity contribution in [2.45, 2.75) is 6.54 Å². The van der Waals surface area contributed by atoms with E-state index in [-0.39, 0.29) is 24.6 Å². The molecule has 0 aliphatic heterocycles. The second-order valence-electron chi connectivity index (χ2n) is 6.35. The standard InChI is InChI=1S/C23H18BrN3O4/c24-18-3-1-4-19(12-18)27-23(29)17(13-25)11-16-6-8-20(9-7-16)31-15-22(28)26-14-21-5-2-10-30-21/h1-12H,14-15H2,(H,26,28)(H,27,29)/b17-11+. The van der Waals surface area contributed by atoms with Crippen LogP contribution in [0.15, 0.2) is 81.4 Å². The van der Waals surface area contributed by atoms with Gasteiger partial charge in [-0.25, -0.2) is 0 Å². The lowest BCUT2D eigenvalue weighted by Gasteiger charge is -2.07. The van der Waals surface area contributed by atoms with E-state index >= 15 is 0 Å². The molecule has 0 aliphatic rings. The molecule has 2 aromatic carbocycles. The maximum Gasteiger partial charge on any atom is 0.266 e. The second-order valence-corrected chi connectivity index (χ2v) is 7.26. The number of ether oxygens (including phenoxy) is 1. The van der Waals surface area contributed by atoms with Gasteiger partial charge in [-0.2, -0.15) is 5.26 Å². The summed E-state index contributed by atoms with van der Waals surface area (Å²) in [4.78, 5) is 24.2. The molecule has 3 aromatic rings.